The normalized spacial score (nSPS) is 12.8. The van der Waals surface area contributed by atoms with Crippen LogP contribution in [0.1, 0.15) is 5.56 Å². The topological polar surface area (TPSA) is 63.9 Å². The molecule has 0 bridgehead atoms. The lowest BCUT2D eigenvalue weighted by molar-refractivity contribution is -0.117. The van der Waals surface area contributed by atoms with Crippen molar-refractivity contribution < 1.29 is 18.7 Å². The summed E-state index contributed by atoms with van der Waals surface area (Å²) >= 11 is 0. The minimum atomic E-state index is -0.0691. The zero-order chi connectivity index (χ0) is 19.8. The number of hydrogen-bond donors (Lipinski definition) is 1. The van der Waals surface area contributed by atoms with E-state index >= 15 is 0 Å². The molecule has 146 valence electrons. The Kier molecular flexibility index (Phi) is 4.33. The fraction of sp³-hybridized carbons (Fsp3) is 0.174. The molecular formula is C23H20N2O4. The second-order valence-electron chi connectivity index (χ2n) is 7.22. The number of anilines is 1. The summed E-state index contributed by atoms with van der Waals surface area (Å²) in [5.41, 5.74) is 3.47. The number of nitrogens with zero attached hydrogens (tertiary/aromatic N) is 1. The van der Waals surface area contributed by atoms with Crippen LogP contribution in [-0.2, 0) is 11.3 Å². The molecule has 3 aromatic carbocycles. The molecule has 0 unspecified atom stereocenters. The smallest absolute Gasteiger partial charge is 0.238 e. The number of para-hydroxylation sites is 1. The van der Waals surface area contributed by atoms with Crippen molar-refractivity contribution in [2.24, 2.45) is 0 Å². The van der Waals surface area contributed by atoms with Crippen molar-refractivity contribution in [2.75, 3.05) is 25.7 Å². The predicted octanol–water partition coefficient (Wildman–Crippen LogP) is 4.39. The number of benzene rings is 3. The molecule has 2 heterocycles. The number of carbonyl (C=O) groups excluding carboxylic acids is 1. The van der Waals surface area contributed by atoms with Crippen molar-refractivity contribution in [3.63, 3.8) is 0 Å². The van der Waals surface area contributed by atoms with E-state index in [1.54, 1.807) is 0 Å². The highest BCUT2D eigenvalue weighted by Gasteiger charge is 2.15. The maximum atomic E-state index is 12.5. The molecule has 0 aliphatic carbocycles. The lowest BCUT2D eigenvalue weighted by Crippen LogP contribution is -2.29. The van der Waals surface area contributed by atoms with Crippen LogP contribution in [0.25, 0.3) is 21.9 Å². The maximum Gasteiger partial charge on any atom is 0.238 e. The van der Waals surface area contributed by atoms with Gasteiger partial charge in [-0.3, -0.25) is 9.69 Å². The van der Waals surface area contributed by atoms with Crippen LogP contribution >= 0.6 is 0 Å². The number of amides is 1. The monoisotopic (exact) mass is 388 g/mol. The Labute approximate surface area is 167 Å². The van der Waals surface area contributed by atoms with E-state index in [9.17, 15) is 4.79 Å². The van der Waals surface area contributed by atoms with Crippen molar-refractivity contribution in [1.82, 2.24) is 4.90 Å². The van der Waals surface area contributed by atoms with Crippen LogP contribution in [0.3, 0.4) is 0 Å². The van der Waals surface area contributed by atoms with Crippen molar-refractivity contribution in [1.29, 1.82) is 0 Å². The Hall–Kier alpha value is -3.51. The van der Waals surface area contributed by atoms with Gasteiger partial charge in [-0.15, -0.1) is 0 Å². The molecule has 1 N–H and O–H groups in total. The summed E-state index contributed by atoms with van der Waals surface area (Å²) in [4.78, 5) is 14.5. The highest BCUT2D eigenvalue weighted by atomic mass is 16.7. The molecule has 1 aromatic heterocycles. The van der Waals surface area contributed by atoms with Gasteiger partial charge in [0.25, 0.3) is 0 Å². The summed E-state index contributed by atoms with van der Waals surface area (Å²) in [6.45, 7) is 1.17. The van der Waals surface area contributed by atoms with Gasteiger partial charge in [-0.2, -0.15) is 0 Å². The van der Waals surface area contributed by atoms with E-state index in [-0.39, 0.29) is 19.2 Å². The number of likely N-dealkylation sites (N-methyl/N-ethyl adjacent to an activating group) is 1. The Morgan fingerprint density at radius 3 is 2.72 bits per heavy atom. The Bertz CT molecular complexity index is 1210. The molecule has 0 saturated carbocycles. The summed E-state index contributed by atoms with van der Waals surface area (Å²) in [5.74, 6) is 1.44. The lowest BCUT2D eigenvalue weighted by Gasteiger charge is -2.16. The molecule has 4 aromatic rings. The molecule has 1 aliphatic heterocycles. The highest BCUT2D eigenvalue weighted by molar-refractivity contribution is 6.07. The largest absolute Gasteiger partial charge is 0.456 e. The molecule has 6 heteroatoms. The lowest BCUT2D eigenvalue weighted by atomic mass is 10.1. The van der Waals surface area contributed by atoms with E-state index in [0.717, 1.165) is 44.7 Å². The molecule has 5 rings (SSSR count). The number of furan rings is 1. The fourth-order valence-corrected chi connectivity index (χ4v) is 3.66. The highest BCUT2D eigenvalue weighted by Crippen LogP contribution is 2.33. The van der Waals surface area contributed by atoms with E-state index < -0.39 is 0 Å². The average molecular weight is 388 g/mol. The van der Waals surface area contributed by atoms with Crippen LogP contribution in [0.5, 0.6) is 11.5 Å². The van der Waals surface area contributed by atoms with Crippen LogP contribution < -0.4 is 14.8 Å². The van der Waals surface area contributed by atoms with Gasteiger partial charge in [0.1, 0.15) is 11.2 Å². The van der Waals surface area contributed by atoms with Crippen molar-refractivity contribution in [2.45, 2.75) is 6.54 Å². The summed E-state index contributed by atoms with van der Waals surface area (Å²) in [5, 5.41) is 5.01. The molecule has 1 amide bonds. The van der Waals surface area contributed by atoms with Crippen LogP contribution in [0.15, 0.2) is 65.1 Å². The van der Waals surface area contributed by atoms with Crippen molar-refractivity contribution in [3.05, 3.63) is 66.2 Å². The van der Waals surface area contributed by atoms with Crippen LogP contribution in [0, 0.1) is 0 Å². The Morgan fingerprint density at radius 1 is 0.966 bits per heavy atom. The number of carbonyl (C=O) groups is 1. The van der Waals surface area contributed by atoms with Gasteiger partial charge in [0.05, 0.1) is 6.54 Å². The Morgan fingerprint density at radius 2 is 1.79 bits per heavy atom. The molecular weight excluding hydrogens is 368 g/mol. The first-order valence-corrected chi connectivity index (χ1v) is 9.44. The first-order chi connectivity index (χ1) is 14.2. The number of rotatable bonds is 5. The number of fused-ring (bicyclic) bond motifs is 4. The second kappa shape index (κ2) is 7.14. The van der Waals surface area contributed by atoms with Gasteiger partial charge in [-0.1, -0.05) is 24.3 Å². The van der Waals surface area contributed by atoms with E-state index in [4.69, 9.17) is 13.9 Å². The SMILES string of the molecule is CN(CC(=O)Nc1ccc2oc3ccccc3c2c1)Cc1ccc2c(c1)OCO2. The van der Waals surface area contributed by atoms with E-state index in [1.807, 2.05) is 72.6 Å². The van der Waals surface area contributed by atoms with Crippen LogP contribution in [-0.4, -0.2) is 31.2 Å². The van der Waals surface area contributed by atoms with Gasteiger partial charge in [0.15, 0.2) is 11.5 Å². The van der Waals surface area contributed by atoms with Crippen molar-refractivity contribution in [3.8, 4) is 11.5 Å². The van der Waals surface area contributed by atoms with Gasteiger partial charge in [-0.25, -0.2) is 0 Å². The zero-order valence-corrected chi connectivity index (χ0v) is 16.0. The summed E-state index contributed by atoms with van der Waals surface area (Å²) in [6.07, 6.45) is 0. The first-order valence-electron chi connectivity index (χ1n) is 9.44. The third-order valence-corrected chi connectivity index (χ3v) is 4.96. The molecule has 0 spiro atoms. The number of hydrogen-bond acceptors (Lipinski definition) is 5. The number of ether oxygens (including phenoxy) is 2. The Balaban J connectivity index is 1.26. The first kappa shape index (κ1) is 17.6. The third kappa shape index (κ3) is 3.50. The zero-order valence-electron chi connectivity index (χ0n) is 16.0. The molecule has 0 radical (unpaired) electrons. The van der Waals surface area contributed by atoms with Gasteiger partial charge in [0, 0.05) is 23.0 Å². The predicted molar refractivity (Wildman–Crippen MR) is 111 cm³/mol. The van der Waals surface area contributed by atoms with E-state index in [0.29, 0.717) is 6.54 Å². The third-order valence-electron chi connectivity index (χ3n) is 4.96. The van der Waals surface area contributed by atoms with Crippen LogP contribution in [0.2, 0.25) is 0 Å². The molecule has 29 heavy (non-hydrogen) atoms. The summed E-state index contributed by atoms with van der Waals surface area (Å²) < 4.78 is 16.6. The van der Waals surface area contributed by atoms with Crippen molar-refractivity contribution >= 4 is 33.5 Å². The van der Waals surface area contributed by atoms with Gasteiger partial charge in [-0.05, 0) is 49.0 Å². The maximum absolute atomic E-state index is 12.5. The minimum absolute atomic E-state index is 0.0691. The van der Waals surface area contributed by atoms with Gasteiger partial charge >= 0.3 is 0 Å². The molecule has 0 saturated heterocycles. The number of nitrogens with one attached hydrogen (secondary N) is 1. The van der Waals surface area contributed by atoms with E-state index in [1.165, 1.54) is 0 Å². The molecule has 6 nitrogen and oxygen atoms in total. The van der Waals surface area contributed by atoms with E-state index in [2.05, 4.69) is 5.32 Å². The summed E-state index contributed by atoms with van der Waals surface area (Å²) in [7, 11) is 1.91. The van der Waals surface area contributed by atoms with Gasteiger partial charge in [0.2, 0.25) is 12.7 Å². The quantitative estimate of drug-likeness (QED) is 0.550. The van der Waals surface area contributed by atoms with Crippen LogP contribution in [0.4, 0.5) is 5.69 Å². The average Bonchev–Trinajstić information content (AvgIpc) is 3.31. The van der Waals surface area contributed by atoms with Gasteiger partial charge < -0.3 is 19.2 Å². The standard InChI is InChI=1S/C23H20N2O4/c1-25(12-15-6-8-21-22(10-15)28-14-27-21)13-23(26)24-16-7-9-20-18(11-16)17-4-2-3-5-19(17)29-20/h2-11H,12-14H2,1H3,(H,24,26). The molecule has 0 fully saturated rings. The fourth-order valence-electron chi connectivity index (χ4n) is 3.66. The second-order valence-corrected chi connectivity index (χ2v) is 7.22. The molecule has 0 atom stereocenters. The molecule has 1 aliphatic rings. The minimum Gasteiger partial charge on any atom is -0.456 e. The summed E-state index contributed by atoms with van der Waals surface area (Å²) in [6, 6.07) is 19.4.